The van der Waals surface area contributed by atoms with Gasteiger partial charge in [0.15, 0.2) is 0 Å². The number of nitrogens with one attached hydrogen (secondary N) is 1. The Kier molecular flexibility index (Phi) is 6.01. The van der Waals surface area contributed by atoms with Gasteiger partial charge < -0.3 is 10.1 Å². The summed E-state index contributed by atoms with van der Waals surface area (Å²) in [5.41, 5.74) is -0.0901. The molecule has 9 heteroatoms. The number of carbonyl (C=O) groups excluding carboxylic acids is 1. The Labute approximate surface area is 159 Å². The van der Waals surface area contributed by atoms with Crippen LogP contribution in [0.1, 0.15) is 70.6 Å². The Morgan fingerprint density at radius 3 is 2.07 bits per heavy atom. The molecule has 1 amide bonds. The third-order valence-corrected chi connectivity index (χ3v) is 7.34. The van der Waals surface area contributed by atoms with Crippen LogP contribution in [0.4, 0.5) is 13.6 Å². The second kappa shape index (κ2) is 7.81. The van der Waals surface area contributed by atoms with Crippen LogP contribution in [-0.2, 0) is 14.9 Å². The van der Waals surface area contributed by atoms with E-state index in [-0.39, 0.29) is 18.6 Å². The third kappa shape index (κ3) is 5.10. The van der Waals surface area contributed by atoms with Crippen molar-refractivity contribution in [2.45, 2.75) is 81.4 Å². The molecule has 4 aliphatic carbocycles. The van der Waals surface area contributed by atoms with E-state index in [9.17, 15) is 22.0 Å². The fourth-order valence-electron chi connectivity index (χ4n) is 5.60. The molecule has 4 rings (SSSR count). The van der Waals surface area contributed by atoms with E-state index in [0.717, 1.165) is 37.0 Å². The number of ether oxygens (including phenoxy) is 1. The predicted molar refractivity (Wildman–Crippen MR) is 95.0 cm³/mol. The minimum Gasteiger partial charge on any atom is -0.450 e. The Morgan fingerprint density at radius 2 is 1.56 bits per heavy atom. The molecule has 2 N–H and O–H groups in total. The smallest absolute Gasteiger partial charge is 0.407 e. The summed E-state index contributed by atoms with van der Waals surface area (Å²) in [4.78, 5) is 12.1. The van der Waals surface area contributed by atoms with Gasteiger partial charge in [0.25, 0.3) is 0 Å². The molecule has 0 saturated heterocycles. The highest BCUT2D eigenvalue weighted by Gasteiger charge is 2.51. The van der Waals surface area contributed by atoms with E-state index in [1.54, 1.807) is 0 Å². The van der Waals surface area contributed by atoms with Crippen LogP contribution in [0.15, 0.2) is 0 Å². The van der Waals surface area contributed by atoms with Crippen LogP contribution in [0.25, 0.3) is 0 Å². The first-order valence-electron chi connectivity index (χ1n) is 9.88. The number of alkyl halides is 2. The molecule has 27 heavy (non-hydrogen) atoms. The second-order valence-corrected chi connectivity index (χ2v) is 10.3. The van der Waals surface area contributed by atoms with Crippen LogP contribution >= 0.6 is 0 Å². The molecule has 0 atom stereocenters. The lowest BCUT2D eigenvalue weighted by Gasteiger charge is -2.56. The molecule has 0 aromatic heterocycles. The molecule has 0 heterocycles. The number of hydrogen-bond donors (Lipinski definition) is 2. The maximum atomic E-state index is 13.1. The highest BCUT2D eigenvalue weighted by atomic mass is 32.2. The van der Waals surface area contributed by atoms with Gasteiger partial charge in [-0.3, -0.25) is 4.55 Å². The van der Waals surface area contributed by atoms with E-state index >= 15 is 0 Å². The molecule has 156 valence electrons. The Hall–Kier alpha value is -0.960. The van der Waals surface area contributed by atoms with Crippen molar-refractivity contribution < 1.29 is 31.3 Å². The highest BCUT2D eigenvalue weighted by Crippen LogP contribution is 2.55. The van der Waals surface area contributed by atoms with Gasteiger partial charge in [0.05, 0.1) is 6.61 Å². The summed E-state index contributed by atoms with van der Waals surface area (Å²) < 4.78 is 60.8. The van der Waals surface area contributed by atoms with Crippen molar-refractivity contribution in [2.24, 2.45) is 17.8 Å². The fraction of sp³-hybridized carbons (Fsp3) is 0.944. The molecule has 0 spiro atoms. The Balaban J connectivity index is 1.29. The lowest BCUT2D eigenvalue weighted by molar-refractivity contribution is -0.0191. The summed E-state index contributed by atoms with van der Waals surface area (Å²) in [6.45, 7) is 0.215. The maximum Gasteiger partial charge on any atom is 0.407 e. The molecule has 4 saturated carbocycles. The summed E-state index contributed by atoms with van der Waals surface area (Å²) >= 11 is 0. The van der Waals surface area contributed by atoms with Gasteiger partial charge in [-0.05, 0) is 69.1 Å². The summed E-state index contributed by atoms with van der Waals surface area (Å²) in [6, 6.07) is 0. The largest absolute Gasteiger partial charge is 0.450 e. The van der Waals surface area contributed by atoms with Gasteiger partial charge in [0.2, 0.25) is 0 Å². The van der Waals surface area contributed by atoms with Gasteiger partial charge in [-0.15, -0.1) is 0 Å². The zero-order chi connectivity index (χ0) is 19.7. The van der Waals surface area contributed by atoms with Crippen molar-refractivity contribution in [3.8, 4) is 0 Å². The third-order valence-electron chi connectivity index (χ3n) is 6.38. The summed E-state index contributed by atoms with van der Waals surface area (Å²) in [5, 5.41) is -0.988. The predicted octanol–water partition coefficient (Wildman–Crippen LogP) is 4.11. The minimum atomic E-state index is -5.34. The van der Waals surface area contributed by atoms with Crippen molar-refractivity contribution in [1.82, 2.24) is 5.32 Å². The summed E-state index contributed by atoms with van der Waals surface area (Å²) in [5.74, 6) is 2.20. The SMILES string of the molecule is O=C(NC12CC3CC(CC(C3)C1)C2)OCCCCCCC(F)(F)S(=O)(=O)O. The monoisotopic (exact) mass is 409 g/mol. The van der Waals surface area contributed by atoms with Gasteiger partial charge in [-0.2, -0.15) is 17.2 Å². The number of amides is 1. The van der Waals surface area contributed by atoms with Gasteiger partial charge in [-0.1, -0.05) is 12.8 Å². The molecule has 0 aromatic rings. The fourth-order valence-corrected chi connectivity index (χ4v) is 6.00. The maximum absolute atomic E-state index is 13.1. The quantitative estimate of drug-likeness (QED) is 0.442. The van der Waals surface area contributed by atoms with Crippen molar-refractivity contribution in [3.05, 3.63) is 0 Å². The average Bonchev–Trinajstić information content (AvgIpc) is 2.50. The summed E-state index contributed by atoms with van der Waals surface area (Å²) in [7, 11) is -5.34. The number of halogens is 2. The molecule has 4 aliphatic rings. The Bertz CT molecular complexity index is 617. The highest BCUT2D eigenvalue weighted by molar-refractivity contribution is 7.86. The van der Waals surface area contributed by atoms with Crippen molar-refractivity contribution in [2.75, 3.05) is 6.61 Å². The standard InChI is InChI=1S/C18H29F2NO5S/c19-18(20,27(23,24)25)5-3-1-2-4-6-26-16(22)21-17-10-13-7-14(11-17)9-15(8-13)12-17/h13-15H,1-12H2,(H,21,22)(H,23,24,25). The van der Waals surface area contributed by atoms with Crippen LogP contribution in [0.2, 0.25) is 0 Å². The molecule has 0 aromatic carbocycles. The first-order valence-corrected chi connectivity index (χ1v) is 11.3. The van der Waals surface area contributed by atoms with E-state index in [2.05, 4.69) is 5.32 Å². The average molecular weight is 409 g/mol. The number of carbonyl (C=O) groups is 1. The number of alkyl carbamates (subject to hydrolysis) is 1. The van der Waals surface area contributed by atoms with Gasteiger partial charge >= 0.3 is 21.5 Å². The van der Waals surface area contributed by atoms with Crippen LogP contribution in [0, 0.1) is 17.8 Å². The van der Waals surface area contributed by atoms with E-state index in [1.807, 2.05) is 0 Å². The minimum absolute atomic E-state index is 0.0216. The first kappa shape index (κ1) is 20.8. The van der Waals surface area contributed by atoms with Crippen LogP contribution in [-0.4, -0.2) is 36.5 Å². The van der Waals surface area contributed by atoms with E-state index in [1.165, 1.54) is 19.3 Å². The van der Waals surface area contributed by atoms with Gasteiger partial charge in [0.1, 0.15) is 0 Å². The lowest BCUT2D eigenvalue weighted by atomic mass is 9.53. The van der Waals surface area contributed by atoms with Crippen molar-refractivity contribution >= 4 is 16.2 Å². The van der Waals surface area contributed by atoms with Crippen molar-refractivity contribution in [3.63, 3.8) is 0 Å². The Morgan fingerprint density at radius 1 is 1.04 bits per heavy atom. The van der Waals surface area contributed by atoms with E-state index < -0.39 is 27.9 Å². The van der Waals surface area contributed by atoms with Gasteiger partial charge in [0, 0.05) is 12.0 Å². The second-order valence-electron chi connectivity index (χ2n) is 8.74. The number of hydrogen-bond acceptors (Lipinski definition) is 4. The van der Waals surface area contributed by atoms with E-state index in [4.69, 9.17) is 9.29 Å². The van der Waals surface area contributed by atoms with Crippen molar-refractivity contribution in [1.29, 1.82) is 0 Å². The lowest BCUT2D eigenvalue weighted by Crippen LogP contribution is -2.59. The van der Waals surface area contributed by atoms with Crippen LogP contribution in [0.3, 0.4) is 0 Å². The molecule has 0 unspecified atom stereocenters. The zero-order valence-corrected chi connectivity index (χ0v) is 16.3. The van der Waals surface area contributed by atoms with Gasteiger partial charge in [-0.25, -0.2) is 4.79 Å². The number of rotatable bonds is 9. The molecule has 4 fully saturated rings. The van der Waals surface area contributed by atoms with E-state index in [0.29, 0.717) is 19.3 Å². The molecular formula is C18H29F2NO5S. The topological polar surface area (TPSA) is 92.7 Å². The molecular weight excluding hydrogens is 380 g/mol. The van der Waals surface area contributed by atoms with Crippen LogP contribution in [0.5, 0.6) is 0 Å². The first-order chi connectivity index (χ1) is 12.6. The normalized spacial score (nSPS) is 32.5. The molecule has 4 bridgehead atoms. The molecule has 0 radical (unpaired) electrons. The molecule has 6 nitrogen and oxygen atoms in total. The summed E-state index contributed by atoms with van der Waals surface area (Å²) in [6.07, 6.45) is 7.19. The molecule has 0 aliphatic heterocycles. The van der Waals surface area contributed by atoms with Crippen LogP contribution < -0.4 is 5.32 Å². The zero-order valence-electron chi connectivity index (χ0n) is 15.5. The number of unbranched alkanes of at least 4 members (excludes halogenated alkanes) is 3.